The zero-order chi connectivity index (χ0) is 27.9. The average Bonchev–Trinajstić information content (AvgIpc) is 3.09. The van der Waals surface area contributed by atoms with Gasteiger partial charge in [-0.15, -0.1) is 0 Å². The Balaban J connectivity index is 1.33. The molecule has 0 saturated carbocycles. The Kier molecular flexibility index (Phi) is 5.93. The summed E-state index contributed by atoms with van der Waals surface area (Å²) in [4.78, 5) is 15.1. The summed E-state index contributed by atoms with van der Waals surface area (Å²) in [5.74, 6) is 2.38. The second-order valence-corrected chi connectivity index (χ2v) is 10.8. The molecule has 1 heterocycles. The van der Waals surface area contributed by atoms with Crippen LogP contribution in [0, 0.1) is 0 Å². The lowest BCUT2D eigenvalue weighted by molar-refractivity contribution is 0.854. The molecule has 3 nitrogen and oxygen atoms in total. The third kappa shape index (κ3) is 4.27. The molecule has 0 aliphatic heterocycles. The molecule has 198 valence electrons. The van der Waals surface area contributed by atoms with Crippen molar-refractivity contribution < 1.29 is 0 Å². The largest absolute Gasteiger partial charge is 0.208 e. The van der Waals surface area contributed by atoms with Crippen LogP contribution in [0.2, 0.25) is 0 Å². The van der Waals surface area contributed by atoms with E-state index in [4.69, 9.17) is 15.0 Å². The van der Waals surface area contributed by atoms with Crippen molar-refractivity contribution >= 4 is 32.3 Å². The Hall–Kier alpha value is -5.41. The molecule has 0 saturated heterocycles. The molecule has 7 aromatic rings. The minimum absolute atomic E-state index is 0.355. The Morgan fingerprint density at radius 1 is 0.429 bits per heavy atom. The van der Waals surface area contributed by atoms with Crippen LogP contribution in [0.5, 0.6) is 0 Å². The fourth-order valence-corrected chi connectivity index (χ4v) is 6.13. The lowest BCUT2D eigenvalue weighted by Gasteiger charge is -2.15. The smallest absolute Gasteiger partial charge is 0.164 e. The van der Waals surface area contributed by atoms with E-state index in [1.165, 1.54) is 37.9 Å². The van der Waals surface area contributed by atoms with Crippen LogP contribution >= 0.6 is 0 Å². The summed E-state index contributed by atoms with van der Waals surface area (Å²) in [7, 11) is 0. The van der Waals surface area contributed by atoms with Crippen molar-refractivity contribution in [2.75, 3.05) is 0 Å². The van der Waals surface area contributed by atoms with Gasteiger partial charge in [-0.1, -0.05) is 133 Å². The van der Waals surface area contributed by atoms with Gasteiger partial charge >= 0.3 is 0 Å². The normalized spacial score (nSPS) is 14.6. The first-order valence-corrected chi connectivity index (χ1v) is 14.4. The first kappa shape index (κ1) is 24.4. The van der Waals surface area contributed by atoms with E-state index in [-0.39, 0.29) is 0 Å². The molecule has 0 bridgehead atoms. The molecule has 0 radical (unpaired) electrons. The topological polar surface area (TPSA) is 38.7 Å². The molecular formula is C39H27N3. The third-order valence-corrected chi connectivity index (χ3v) is 8.22. The van der Waals surface area contributed by atoms with E-state index in [0.717, 1.165) is 23.1 Å². The second kappa shape index (κ2) is 10.2. The SMILES string of the molecule is C1=CCC(c2cccc(-c3nc(-c4ccccc4)nc(-c4ccc5c6ccccc6c6ccccc6c5c4)n3)c2)C=C1. The van der Waals surface area contributed by atoms with Crippen molar-refractivity contribution in [1.82, 2.24) is 15.0 Å². The van der Waals surface area contributed by atoms with Crippen molar-refractivity contribution in [3.05, 3.63) is 151 Å². The van der Waals surface area contributed by atoms with Gasteiger partial charge < -0.3 is 0 Å². The summed E-state index contributed by atoms with van der Waals surface area (Å²) in [5, 5.41) is 7.43. The van der Waals surface area contributed by atoms with Gasteiger partial charge in [0.15, 0.2) is 17.5 Å². The van der Waals surface area contributed by atoms with E-state index in [0.29, 0.717) is 23.4 Å². The Morgan fingerprint density at radius 3 is 1.62 bits per heavy atom. The molecule has 1 aliphatic rings. The van der Waals surface area contributed by atoms with Crippen LogP contribution in [0.4, 0.5) is 0 Å². The summed E-state index contributed by atoms with van der Waals surface area (Å²) >= 11 is 0. The number of nitrogens with zero attached hydrogens (tertiary/aromatic N) is 3. The zero-order valence-electron chi connectivity index (χ0n) is 23.0. The predicted octanol–water partition coefficient (Wildman–Crippen LogP) is 9.93. The van der Waals surface area contributed by atoms with Crippen molar-refractivity contribution in [2.45, 2.75) is 12.3 Å². The monoisotopic (exact) mass is 537 g/mol. The average molecular weight is 538 g/mol. The summed E-state index contributed by atoms with van der Waals surface area (Å²) < 4.78 is 0. The van der Waals surface area contributed by atoms with Gasteiger partial charge in [-0.3, -0.25) is 0 Å². The number of rotatable bonds is 4. The van der Waals surface area contributed by atoms with E-state index >= 15 is 0 Å². The number of hydrogen-bond donors (Lipinski definition) is 0. The Labute approximate surface area is 244 Å². The highest BCUT2D eigenvalue weighted by atomic mass is 15.0. The molecule has 42 heavy (non-hydrogen) atoms. The predicted molar refractivity (Wildman–Crippen MR) is 174 cm³/mol. The van der Waals surface area contributed by atoms with Gasteiger partial charge in [0, 0.05) is 22.6 Å². The summed E-state index contributed by atoms with van der Waals surface area (Å²) in [6.45, 7) is 0. The van der Waals surface area contributed by atoms with Gasteiger partial charge in [0.1, 0.15) is 0 Å². The molecule has 1 aromatic heterocycles. The van der Waals surface area contributed by atoms with Gasteiger partial charge in [-0.05, 0) is 56.4 Å². The highest BCUT2D eigenvalue weighted by molar-refractivity contribution is 6.25. The van der Waals surface area contributed by atoms with Crippen LogP contribution in [0.15, 0.2) is 146 Å². The van der Waals surface area contributed by atoms with Crippen LogP contribution in [-0.4, -0.2) is 15.0 Å². The highest BCUT2D eigenvalue weighted by Gasteiger charge is 2.16. The number of hydrogen-bond acceptors (Lipinski definition) is 3. The Morgan fingerprint density at radius 2 is 0.976 bits per heavy atom. The summed E-state index contributed by atoms with van der Waals surface area (Å²) in [5.41, 5.74) is 4.20. The molecular weight excluding hydrogens is 510 g/mol. The fraction of sp³-hybridized carbons (Fsp3) is 0.0513. The second-order valence-electron chi connectivity index (χ2n) is 10.8. The molecule has 0 N–H and O–H groups in total. The van der Waals surface area contributed by atoms with Gasteiger partial charge in [-0.2, -0.15) is 0 Å². The minimum atomic E-state index is 0.355. The molecule has 6 aromatic carbocycles. The maximum Gasteiger partial charge on any atom is 0.164 e. The first-order valence-electron chi connectivity index (χ1n) is 14.4. The zero-order valence-corrected chi connectivity index (χ0v) is 23.0. The molecule has 0 spiro atoms. The number of benzene rings is 6. The lowest BCUT2D eigenvalue weighted by atomic mass is 9.91. The summed E-state index contributed by atoms with van der Waals surface area (Å²) in [6, 6.07) is 42.7. The van der Waals surface area contributed by atoms with Crippen molar-refractivity contribution in [3.8, 4) is 34.2 Å². The highest BCUT2D eigenvalue weighted by Crippen LogP contribution is 2.37. The molecule has 0 amide bonds. The van der Waals surface area contributed by atoms with Gasteiger partial charge in [0.05, 0.1) is 0 Å². The molecule has 0 fully saturated rings. The molecule has 1 atom stereocenters. The fourth-order valence-electron chi connectivity index (χ4n) is 6.13. The summed E-state index contributed by atoms with van der Waals surface area (Å²) in [6.07, 6.45) is 9.72. The number of allylic oxidation sites excluding steroid dienone is 4. The van der Waals surface area contributed by atoms with Crippen molar-refractivity contribution in [1.29, 1.82) is 0 Å². The van der Waals surface area contributed by atoms with Crippen LogP contribution in [0.1, 0.15) is 17.9 Å². The van der Waals surface area contributed by atoms with Crippen LogP contribution in [-0.2, 0) is 0 Å². The molecule has 3 heteroatoms. The first-order chi connectivity index (χ1) is 20.8. The number of aromatic nitrogens is 3. The van der Waals surface area contributed by atoms with Crippen LogP contribution in [0.25, 0.3) is 66.5 Å². The molecule has 1 aliphatic carbocycles. The van der Waals surface area contributed by atoms with Gasteiger partial charge in [0.25, 0.3) is 0 Å². The van der Waals surface area contributed by atoms with Crippen molar-refractivity contribution in [3.63, 3.8) is 0 Å². The quantitative estimate of drug-likeness (QED) is 0.210. The third-order valence-electron chi connectivity index (χ3n) is 8.22. The standard InChI is InChI=1S/C39H27N3/c1-3-12-26(13-4-1)28-16-11-17-29(24-28)38-40-37(27-14-5-2-6-15-27)41-39(42-38)30-22-23-35-33-20-8-7-18-31(33)32-19-9-10-21-34(32)36(35)25-30/h1-12,14-26H,13H2. The Bertz CT molecular complexity index is 2140. The lowest BCUT2D eigenvalue weighted by Crippen LogP contribution is -2.01. The van der Waals surface area contributed by atoms with Crippen molar-refractivity contribution in [2.24, 2.45) is 0 Å². The van der Waals surface area contributed by atoms with E-state index in [1.54, 1.807) is 0 Å². The van der Waals surface area contributed by atoms with E-state index in [1.807, 2.05) is 18.2 Å². The maximum atomic E-state index is 5.08. The van der Waals surface area contributed by atoms with Gasteiger partial charge in [0.2, 0.25) is 0 Å². The number of fused-ring (bicyclic) bond motifs is 6. The van der Waals surface area contributed by atoms with Gasteiger partial charge in [-0.25, -0.2) is 15.0 Å². The van der Waals surface area contributed by atoms with E-state index in [9.17, 15) is 0 Å². The van der Waals surface area contributed by atoms with Crippen LogP contribution in [0.3, 0.4) is 0 Å². The maximum absolute atomic E-state index is 5.08. The van der Waals surface area contributed by atoms with E-state index in [2.05, 4.69) is 127 Å². The van der Waals surface area contributed by atoms with E-state index < -0.39 is 0 Å². The minimum Gasteiger partial charge on any atom is -0.208 e. The molecule has 1 unspecified atom stereocenters. The van der Waals surface area contributed by atoms with Crippen LogP contribution < -0.4 is 0 Å². The molecule has 8 rings (SSSR count).